The molecule has 0 saturated heterocycles. The van der Waals surface area contributed by atoms with Crippen molar-refractivity contribution in [2.45, 2.75) is 52.0 Å². The number of hydrogen-bond donors (Lipinski definition) is 0. The van der Waals surface area contributed by atoms with Crippen LogP contribution in [-0.2, 0) is 0 Å². The lowest BCUT2D eigenvalue weighted by Gasteiger charge is -2.19. The van der Waals surface area contributed by atoms with Gasteiger partial charge in [-0.05, 0) is 38.3 Å². The molecule has 18 heavy (non-hydrogen) atoms. The monoisotopic (exact) mass is 264 g/mol. The van der Waals surface area contributed by atoms with Crippen molar-refractivity contribution in [1.82, 2.24) is 9.55 Å². The predicted octanol–water partition coefficient (Wildman–Crippen LogP) is 5.01. The van der Waals surface area contributed by atoms with E-state index in [1.54, 1.807) is 0 Å². The number of aryl methyl sites for hydroxylation is 1. The van der Waals surface area contributed by atoms with Crippen molar-refractivity contribution in [1.29, 1.82) is 0 Å². The summed E-state index contributed by atoms with van der Waals surface area (Å²) in [6.07, 6.45) is 2.21. The third-order valence-electron chi connectivity index (χ3n) is 3.61. The van der Waals surface area contributed by atoms with E-state index < -0.39 is 0 Å². The molecule has 0 aliphatic heterocycles. The average Bonchev–Trinajstić information content (AvgIpc) is 2.72. The zero-order chi connectivity index (χ0) is 13.3. The molecule has 2 rings (SSSR count). The number of rotatable bonds is 4. The van der Waals surface area contributed by atoms with Gasteiger partial charge >= 0.3 is 0 Å². The van der Waals surface area contributed by atoms with E-state index in [9.17, 15) is 0 Å². The summed E-state index contributed by atoms with van der Waals surface area (Å²) in [5.74, 6) is 0.995. The molecule has 0 radical (unpaired) electrons. The van der Waals surface area contributed by atoms with E-state index in [1.165, 1.54) is 11.1 Å². The summed E-state index contributed by atoms with van der Waals surface area (Å²) < 4.78 is 2.33. The molecular weight excluding hydrogens is 244 g/mol. The predicted molar refractivity (Wildman–Crippen MR) is 78.4 cm³/mol. The molecule has 0 amide bonds. The van der Waals surface area contributed by atoms with Crippen molar-refractivity contribution in [3.8, 4) is 0 Å². The Morgan fingerprint density at radius 1 is 1.28 bits per heavy atom. The number of benzene rings is 1. The van der Waals surface area contributed by atoms with Crippen LogP contribution >= 0.6 is 11.6 Å². The summed E-state index contributed by atoms with van der Waals surface area (Å²) in [5.41, 5.74) is 3.52. The number of fused-ring (bicyclic) bond motifs is 1. The van der Waals surface area contributed by atoms with Gasteiger partial charge in [-0.15, -0.1) is 11.6 Å². The lowest BCUT2D eigenvalue weighted by Crippen LogP contribution is -2.11. The van der Waals surface area contributed by atoms with Gasteiger partial charge in [-0.25, -0.2) is 4.98 Å². The molecule has 98 valence electrons. The second-order valence-corrected chi connectivity index (χ2v) is 5.52. The quantitative estimate of drug-likeness (QED) is 0.710. The minimum absolute atomic E-state index is 0.0580. The molecule has 1 aromatic carbocycles. The van der Waals surface area contributed by atoms with Crippen molar-refractivity contribution < 1.29 is 0 Å². The number of para-hydroxylation sites is 1. The standard InChI is InChI=1S/C15H21ClN2/c1-5-12(6-2)18-13-9-7-8-10(3)14(13)17-15(18)11(4)16/h7-9,11-12H,5-6H2,1-4H3. The topological polar surface area (TPSA) is 17.8 Å². The van der Waals surface area contributed by atoms with Gasteiger partial charge in [-0.3, -0.25) is 0 Å². The molecular formula is C15H21ClN2. The largest absolute Gasteiger partial charge is 0.324 e. The summed E-state index contributed by atoms with van der Waals surface area (Å²) in [4.78, 5) is 4.76. The molecule has 0 bridgehead atoms. The first-order chi connectivity index (χ1) is 8.60. The van der Waals surface area contributed by atoms with Crippen molar-refractivity contribution >= 4 is 22.6 Å². The van der Waals surface area contributed by atoms with Gasteiger partial charge < -0.3 is 4.57 Å². The van der Waals surface area contributed by atoms with Crippen molar-refractivity contribution in [3.63, 3.8) is 0 Å². The zero-order valence-corrected chi connectivity index (χ0v) is 12.3. The van der Waals surface area contributed by atoms with Gasteiger partial charge in [-0.1, -0.05) is 26.0 Å². The van der Waals surface area contributed by atoms with Crippen molar-refractivity contribution in [3.05, 3.63) is 29.6 Å². The second-order valence-electron chi connectivity index (χ2n) is 4.87. The SMILES string of the molecule is CCC(CC)n1c(C(C)Cl)nc2c(C)cccc21. The number of alkyl halides is 1. The minimum Gasteiger partial charge on any atom is -0.324 e. The number of halogens is 1. The first-order valence-electron chi connectivity index (χ1n) is 6.71. The maximum atomic E-state index is 6.31. The van der Waals surface area contributed by atoms with Crippen LogP contribution in [0.15, 0.2) is 18.2 Å². The number of imidazole rings is 1. The van der Waals surface area contributed by atoms with Crippen molar-refractivity contribution in [2.75, 3.05) is 0 Å². The Kier molecular flexibility index (Phi) is 3.96. The Morgan fingerprint density at radius 2 is 1.94 bits per heavy atom. The third kappa shape index (κ3) is 2.14. The summed E-state index contributed by atoms with van der Waals surface area (Å²) >= 11 is 6.31. The fourth-order valence-corrected chi connectivity index (χ4v) is 2.75. The molecule has 0 aliphatic carbocycles. The van der Waals surface area contributed by atoms with E-state index in [2.05, 4.69) is 43.5 Å². The van der Waals surface area contributed by atoms with Gasteiger partial charge in [-0.2, -0.15) is 0 Å². The zero-order valence-electron chi connectivity index (χ0n) is 11.6. The molecule has 0 saturated carbocycles. The van der Waals surface area contributed by atoms with Crippen LogP contribution in [0, 0.1) is 6.92 Å². The van der Waals surface area contributed by atoms with Crippen molar-refractivity contribution in [2.24, 2.45) is 0 Å². The Labute approximate surface area is 114 Å². The molecule has 0 spiro atoms. The van der Waals surface area contributed by atoms with E-state index in [-0.39, 0.29) is 5.38 Å². The first-order valence-corrected chi connectivity index (χ1v) is 7.15. The van der Waals surface area contributed by atoms with Gasteiger partial charge in [0.25, 0.3) is 0 Å². The molecule has 1 aromatic heterocycles. The molecule has 1 heterocycles. The first kappa shape index (κ1) is 13.4. The van der Waals surface area contributed by atoms with E-state index in [0.29, 0.717) is 6.04 Å². The summed E-state index contributed by atoms with van der Waals surface area (Å²) in [7, 11) is 0. The molecule has 1 atom stereocenters. The van der Waals surface area contributed by atoms with E-state index in [0.717, 1.165) is 24.2 Å². The molecule has 0 aliphatic rings. The van der Waals surface area contributed by atoms with Crippen LogP contribution in [0.3, 0.4) is 0 Å². The van der Waals surface area contributed by atoms with Gasteiger partial charge in [0.1, 0.15) is 5.82 Å². The lowest BCUT2D eigenvalue weighted by molar-refractivity contribution is 0.466. The fourth-order valence-electron chi connectivity index (χ4n) is 2.59. The number of nitrogens with zero attached hydrogens (tertiary/aromatic N) is 2. The van der Waals surface area contributed by atoms with E-state index >= 15 is 0 Å². The van der Waals surface area contributed by atoms with Crippen LogP contribution in [0.1, 0.15) is 56.4 Å². The van der Waals surface area contributed by atoms with Crippen LogP contribution in [0.25, 0.3) is 11.0 Å². The molecule has 2 nitrogen and oxygen atoms in total. The van der Waals surface area contributed by atoms with E-state index in [4.69, 9.17) is 16.6 Å². The fraction of sp³-hybridized carbons (Fsp3) is 0.533. The smallest absolute Gasteiger partial charge is 0.127 e. The second kappa shape index (κ2) is 5.31. The van der Waals surface area contributed by atoms with Crippen LogP contribution in [0.2, 0.25) is 0 Å². The highest BCUT2D eigenvalue weighted by Gasteiger charge is 2.20. The highest BCUT2D eigenvalue weighted by atomic mass is 35.5. The normalized spacial score (nSPS) is 13.4. The Balaban J connectivity index is 2.74. The average molecular weight is 265 g/mol. The van der Waals surface area contributed by atoms with Gasteiger partial charge in [0.15, 0.2) is 0 Å². The maximum absolute atomic E-state index is 6.31. The van der Waals surface area contributed by atoms with Crippen LogP contribution < -0.4 is 0 Å². The minimum atomic E-state index is -0.0580. The molecule has 3 heteroatoms. The Bertz CT molecular complexity index is 539. The molecule has 2 aromatic rings. The summed E-state index contributed by atoms with van der Waals surface area (Å²) in [6.45, 7) is 8.54. The van der Waals surface area contributed by atoms with Crippen LogP contribution in [0.5, 0.6) is 0 Å². The Morgan fingerprint density at radius 3 is 2.50 bits per heavy atom. The number of aromatic nitrogens is 2. The molecule has 1 unspecified atom stereocenters. The van der Waals surface area contributed by atoms with Crippen LogP contribution in [-0.4, -0.2) is 9.55 Å². The molecule has 0 fully saturated rings. The lowest BCUT2D eigenvalue weighted by atomic mass is 10.1. The van der Waals surface area contributed by atoms with Gasteiger partial charge in [0, 0.05) is 6.04 Å². The van der Waals surface area contributed by atoms with E-state index in [1.807, 2.05) is 6.92 Å². The maximum Gasteiger partial charge on any atom is 0.127 e. The van der Waals surface area contributed by atoms with Gasteiger partial charge in [0.2, 0.25) is 0 Å². The summed E-state index contributed by atoms with van der Waals surface area (Å²) in [5, 5.41) is -0.0580. The Hall–Kier alpha value is -1.02. The molecule has 0 N–H and O–H groups in total. The highest BCUT2D eigenvalue weighted by molar-refractivity contribution is 6.20. The van der Waals surface area contributed by atoms with Crippen LogP contribution in [0.4, 0.5) is 0 Å². The third-order valence-corrected chi connectivity index (χ3v) is 3.81. The summed E-state index contributed by atoms with van der Waals surface area (Å²) in [6, 6.07) is 6.83. The highest BCUT2D eigenvalue weighted by Crippen LogP contribution is 2.31. The number of hydrogen-bond acceptors (Lipinski definition) is 1. The van der Waals surface area contributed by atoms with Gasteiger partial charge in [0.05, 0.1) is 16.4 Å².